The first-order valence-electron chi connectivity index (χ1n) is 6.24. The minimum Gasteiger partial charge on any atom is -0.493 e. The maximum Gasteiger partial charge on any atom is 0.270 e. The van der Waals surface area contributed by atoms with E-state index < -0.39 is 4.92 Å². The molecule has 0 N–H and O–H groups in total. The highest BCUT2D eigenvalue weighted by molar-refractivity contribution is 9.08. The van der Waals surface area contributed by atoms with Crippen LogP contribution in [0.4, 0.5) is 5.69 Å². The Bertz CT molecular complexity index is 446. The Morgan fingerprint density at radius 1 is 1.42 bits per heavy atom. The van der Waals surface area contributed by atoms with E-state index in [-0.39, 0.29) is 5.69 Å². The molecule has 1 aromatic rings. The number of hydrogen-bond donors (Lipinski definition) is 0. The van der Waals surface area contributed by atoms with E-state index >= 15 is 0 Å². The van der Waals surface area contributed by atoms with Crippen LogP contribution in [0.5, 0.6) is 5.75 Å². The molecule has 1 saturated heterocycles. The SMILES string of the molecule is O=[N+]([O-])c1ccc(OCC2CCOCC2)c(CBr)c1. The second-order valence-electron chi connectivity index (χ2n) is 4.55. The van der Waals surface area contributed by atoms with Gasteiger partial charge in [0.15, 0.2) is 0 Å². The van der Waals surface area contributed by atoms with Crippen LogP contribution in [0.15, 0.2) is 18.2 Å². The van der Waals surface area contributed by atoms with Gasteiger partial charge in [0.2, 0.25) is 0 Å². The van der Waals surface area contributed by atoms with Gasteiger partial charge in [0, 0.05) is 36.2 Å². The smallest absolute Gasteiger partial charge is 0.270 e. The van der Waals surface area contributed by atoms with Gasteiger partial charge in [-0.3, -0.25) is 10.1 Å². The number of non-ortho nitro benzene ring substituents is 1. The summed E-state index contributed by atoms with van der Waals surface area (Å²) in [5.74, 6) is 1.22. The molecule has 1 aliphatic rings. The van der Waals surface area contributed by atoms with Crippen LogP contribution in [0, 0.1) is 16.0 Å². The van der Waals surface area contributed by atoms with E-state index in [9.17, 15) is 10.1 Å². The molecule has 1 aliphatic heterocycles. The molecule has 5 nitrogen and oxygen atoms in total. The third-order valence-corrected chi connectivity index (χ3v) is 3.82. The Kier molecular flexibility index (Phi) is 5.15. The quantitative estimate of drug-likeness (QED) is 0.472. The van der Waals surface area contributed by atoms with E-state index in [1.54, 1.807) is 12.1 Å². The van der Waals surface area contributed by atoms with E-state index in [0.717, 1.165) is 31.6 Å². The van der Waals surface area contributed by atoms with Crippen LogP contribution < -0.4 is 4.74 Å². The van der Waals surface area contributed by atoms with Gasteiger partial charge in [-0.15, -0.1) is 0 Å². The Morgan fingerprint density at radius 3 is 2.79 bits per heavy atom. The third kappa shape index (κ3) is 3.91. The first-order chi connectivity index (χ1) is 9.20. The van der Waals surface area contributed by atoms with Gasteiger partial charge in [0.1, 0.15) is 5.75 Å². The van der Waals surface area contributed by atoms with Crippen molar-refractivity contribution in [2.45, 2.75) is 18.2 Å². The van der Waals surface area contributed by atoms with Crippen LogP contribution in [-0.2, 0) is 10.1 Å². The number of halogens is 1. The minimum absolute atomic E-state index is 0.0906. The van der Waals surface area contributed by atoms with Gasteiger partial charge < -0.3 is 9.47 Å². The molecule has 1 fully saturated rings. The molecule has 2 rings (SSSR count). The summed E-state index contributed by atoms with van der Waals surface area (Å²) < 4.78 is 11.1. The largest absolute Gasteiger partial charge is 0.493 e. The number of nitro groups is 1. The predicted molar refractivity (Wildman–Crippen MR) is 74.8 cm³/mol. The molecule has 104 valence electrons. The molecule has 0 unspecified atom stereocenters. The average Bonchev–Trinajstić information content (AvgIpc) is 2.45. The zero-order valence-corrected chi connectivity index (χ0v) is 12.1. The lowest BCUT2D eigenvalue weighted by molar-refractivity contribution is -0.384. The fraction of sp³-hybridized carbons (Fsp3) is 0.538. The van der Waals surface area contributed by atoms with Crippen molar-refractivity contribution in [1.29, 1.82) is 0 Å². The summed E-state index contributed by atoms with van der Waals surface area (Å²) in [5.41, 5.74) is 0.897. The van der Waals surface area contributed by atoms with E-state index in [4.69, 9.17) is 9.47 Å². The highest BCUT2D eigenvalue weighted by atomic mass is 79.9. The van der Waals surface area contributed by atoms with Crippen molar-refractivity contribution < 1.29 is 14.4 Å². The van der Waals surface area contributed by atoms with Crippen LogP contribution in [0.25, 0.3) is 0 Å². The lowest BCUT2D eigenvalue weighted by Gasteiger charge is -2.22. The van der Waals surface area contributed by atoms with E-state index in [1.165, 1.54) is 6.07 Å². The van der Waals surface area contributed by atoms with Crippen molar-refractivity contribution in [3.63, 3.8) is 0 Å². The summed E-state index contributed by atoms with van der Waals surface area (Å²) in [4.78, 5) is 10.3. The van der Waals surface area contributed by atoms with Crippen molar-refractivity contribution in [2.75, 3.05) is 19.8 Å². The van der Waals surface area contributed by atoms with Crippen molar-refractivity contribution in [3.05, 3.63) is 33.9 Å². The van der Waals surface area contributed by atoms with Crippen LogP contribution in [0.2, 0.25) is 0 Å². The number of hydrogen-bond acceptors (Lipinski definition) is 4. The summed E-state index contributed by atoms with van der Waals surface area (Å²) in [7, 11) is 0. The molecule has 0 aliphatic carbocycles. The number of benzene rings is 1. The summed E-state index contributed by atoms with van der Waals surface area (Å²) in [5, 5.41) is 11.3. The molecule has 6 heteroatoms. The average molecular weight is 330 g/mol. The van der Waals surface area contributed by atoms with Crippen molar-refractivity contribution in [3.8, 4) is 5.75 Å². The fourth-order valence-corrected chi connectivity index (χ4v) is 2.48. The van der Waals surface area contributed by atoms with Gasteiger partial charge in [-0.25, -0.2) is 0 Å². The van der Waals surface area contributed by atoms with Gasteiger partial charge in [-0.2, -0.15) is 0 Å². The molecule has 0 amide bonds. The number of ether oxygens (including phenoxy) is 2. The molecule has 1 heterocycles. The molecule has 0 spiro atoms. The van der Waals surface area contributed by atoms with E-state index in [2.05, 4.69) is 15.9 Å². The summed E-state index contributed by atoms with van der Waals surface area (Å²) >= 11 is 3.34. The third-order valence-electron chi connectivity index (χ3n) is 3.21. The van der Waals surface area contributed by atoms with Crippen molar-refractivity contribution in [1.82, 2.24) is 0 Å². The van der Waals surface area contributed by atoms with Gasteiger partial charge in [0.25, 0.3) is 5.69 Å². The minimum atomic E-state index is -0.394. The molecule has 0 aromatic heterocycles. The lowest BCUT2D eigenvalue weighted by atomic mass is 10.0. The Hall–Kier alpha value is -1.14. The zero-order valence-electron chi connectivity index (χ0n) is 10.5. The first kappa shape index (κ1) is 14.3. The molecular weight excluding hydrogens is 314 g/mol. The normalized spacial score (nSPS) is 16.3. The molecule has 0 atom stereocenters. The van der Waals surface area contributed by atoms with E-state index in [0.29, 0.717) is 23.6 Å². The number of nitro benzene ring substituents is 1. The summed E-state index contributed by atoms with van der Waals surface area (Å²) in [6, 6.07) is 4.70. The predicted octanol–water partition coefficient (Wildman–Crippen LogP) is 3.30. The highest BCUT2D eigenvalue weighted by Gasteiger charge is 2.16. The Labute approximate surface area is 120 Å². The topological polar surface area (TPSA) is 61.6 Å². The van der Waals surface area contributed by atoms with Crippen molar-refractivity contribution >= 4 is 21.6 Å². The van der Waals surface area contributed by atoms with Crippen LogP contribution in [0.3, 0.4) is 0 Å². The van der Waals surface area contributed by atoms with E-state index in [1.807, 2.05) is 0 Å². The molecule has 19 heavy (non-hydrogen) atoms. The van der Waals surface area contributed by atoms with Crippen LogP contribution in [-0.4, -0.2) is 24.7 Å². The number of alkyl halides is 1. The zero-order chi connectivity index (χ0) is 13.7. The Morgan fingerprint density at radius 2 is 2.16 bits per heavy atom. The van der Waals surface area contributed by atoms with Crippen molar-refractivity contribution in [2.24, 2.45) is 5.92 Å². The summed E-state index contributed by atoms with van der Waals surface area (Å²) in [6.45, 7) is 2.22. The Balaban J connectivity index is 2.00. The molecule has 0 radical (unpaired) electrons. The monoisotopic (exact) mass is 329 g/mol. The molecular formula is C13H16BrNO4. The number of rotatable bonds is 5. The second-order valence-corrected chi connectivity index (χ2v) is 5.11. The first-order valence-corrected chi connectivity index (χ1v) is 7.36. The highest BCUT2D eigenvalue weighted by Crippen LogP contribution is 2.27. The maximum absolute atomic E-state index is 10.7. The maximum atomic E-state index is 10.7. The number of nitrogens with zero attached hydrogens (tertiary/aromatic N) is 1. The molecule has 0 saturated carbocycles. The second kappa shape index (κ2) is 6.86. The fourth-order valence-electron chi connectivity index (χ4n) is 2.05. The summed E-state index contributed by atoms with van der Waals surface area (Å²) in [6.07, 6.45) is 2.02. The lowest BCUT2D eigenvalue weighted by Crippen LogP contribution is -2.21. The van der Waals surface area contributed by atoms with Crippen LogP contribution in [0.1, 0.15) is 18.4 Å². The standard InChI is InChI=1S/C13H16BrNO4/c14-8-11-7-12(15(16)17)1-2-13(11)19-9-10-3-5-18-6-4-10/h1-2,7,10H,3-6,8-9H2. The van der Waals surface area contributed by atoms with Gasteiger partial charge in [0.05, 0.1) is 11.5 Å². The molecule has 0 bridgehead atoms. The molecule has 1 aromatic carbocycles. The van der Waals surface area contributed by atoms with Gasteiger partial charge in [-0.1, -0.05) is 15.9 Å². The van der Waals surface area contributed by atoms with Gasteiger partial charge in [-0.05, 0) is 24.8 Å². The van der Waals surface area contributed by atoms with Crippen LogP contribution >= 0.6 is 15.9 Å². The van der Waals surface area contributed by atoms with Gasteiger partial charge >= 0.3 is 0 Å².